The van der Waals surface area contributed by atoms with Crippen molar-refractivity contribution < 1.29 is 19.0 Å². The number of thiazole rings is 1. The van der Waals surface area contributed by atoms with E-state index < -0.39 is 0 Å². The molecule has 0 aliphatic rings. The fraction of sp³-hybridized carbons (Fsp3) is 0.333. The zero-order valence-corrected chi connectivity index (χ0v) is 18.6. The van der Waals surface area contributed by atoms with Crippen LogP contribution in [0.1, 0.15) is 5.56 Å². The zero-order valence-electron chi connectivity index (χ0n) is 16.9. The molecule has 0 bridgehead atoms. The van der Waals surface area contributed by atoms with Gasteiger partial charge in [0.25, 0.3) is 5.91 Å². The maximum Gasteiger partial charge on any atom is 0.252 e. The van der Waals surface area contributed by atoms with Gasteiger partial charge in [0.2, 0.25) is 0 Å². The average Bonchev–Trinajstić information content (AvgIpc) is 3.07. The quantitative estimate of drug-likeness (QED) is 0.542. The van der Waals surface area contributed by atoms with Crippen molar-refractivity contribution in [2.45, 2.75) is 13.0 Å². The van der Waals surface area contributed by atoms with E-state index in [0.717, 1.165) is 33.8 Å². The fourth-order valence-corrected chi connectivity index (χ4v) is 4.39. The molecule has 29 heavy (non-hydrogen) atoms. The van der Waals surface area contributed by atoms with E-state index in [9.17, 15) is 4.79 Å². The van der Waals surface area contributed by atoms with Crippen LogP contribution in [0.5, 0.6) is 17.2 Å². The summed E-state index contributed by atoms with van der Waals surface area (Å²) in [5.41, 5.74) is 1.89. The van der Waals surface area contributed by atoms with Gasteiger partial charge in [-0.15, -0.1) is 0 Å². The number of ether oxygens (including phenoxy) is 3. The summed E-state index contributed by atoms with van der Waals surface area (Å²) in [6.45, 7) is 0.755. The largest absolute Gasteiger partial charge is 0.497 e. The van der Waals surface area contributed by atoms with Gasteiger partial charge in [-0.1, -0.05) is 23.5 Å². The number of amides is 1. The van der Waals surface area contributed by atoms with Gasteiger partial charge >= 0.3 is 0 Å². The van der Waals surface area contributed by atoms with Gasteiger partial charge in [0, 0.05) is 24.4 Å². The Balaban J connectivity index is 1.99. The molecule has 1 aromatic heterocycles. The maximum atomic E-state index is 12.6. The Morgan fingerprint density at radius 3 is 2.38 bits per heavy atom. The molecule has 2 aromatic carbocycles. The third-order valence-corrected chi connectivity index (χ3v) is 6.07. The van der Waals surface area contributed by atoms with E-state index in [-0.39, 0.29) is 12.3 Å². The van der Waals surface area contributed by atoms with Crippen LogP contribution in [0.4, 0.5) is 0 Å². The monoisotopic (exact) mass is 432 g/mol. The van der Waals surface area contributed by atoms with E-state index in [2.05, 4.69) is 15.8 Å². The van der Waals surface area contributed by atoms with Crippen molar-refractivity contribution in [3.05, 3.63) is 46.8 Å². The number of rotatable bonds is 8. The van der Waals surface area contributed by atoms with Crippen LogP contribution in [0.2, 0.25) is 0 Å². The standard InChI is InChI=1S/C21H24N2O4S2/c1-25-15-7-5-14(6-8-15)11-20(24)22-21-23(9-10-28-4)16-12-17(26-2)18(27-3)13-19(16)29-21/h5-8,12-13H,9-11H2,1-4H3. The third-order valence-electron chi connectivity index (χ3n) is 4.44. The number of aryl methyl sites for hydroxylation is 1. The first-order valence-corrected chi connectivity index (χ1v) is 11.3. The van der Waals surface area contributed by atoms with Crippen LogP contribution in [0, 0.1) is 0 Å². The minimum atomic E-state index is -0.182. The first kappa shape index (κ1) is 21.3. The molecule has 0 saturated carbocycles. The van der Waals surface area contributed by atoms with Crippen molar-refractivity contribution in [3.63, 3.8) is 0 Å². The molecule has 0 N–H and O–H groups in total. The Labute approximate surface area is 178 Å². The lowest BCUT2D eigenvalue weighted by molar-refractivity contribution is -0.117. The highest BCUT2D eigenvalue weighted by Crippen LogP contribution is 2.33. The van der Waals surface area contributed by atoms with Crippen molar-refractivity contribution in [2.75, 3.05) is 33.3 Å². The number of nitrogens with zero attached hydrogens (tertiary/aromatic N) is 2. The zero-order chi connectivity index (χ0) is 20.8. The van der Waals surface area contributed by atoms with E-state index >= 15 is 0 Å². The van der Waals surface area contributed by atoms with E-state index in [1.807, 2.05) is 36.4 Å². The van der Waals surface area contributed by atoms with Gasteiger partial charge in [-0.3, -0.25) is 4.79 Å². The molecule has 0 saturated heterocycles. The van der Waals surface area contributed by atoms with Crippen LogP contribution in [0.25, 0.3) is 10.2 Å². The Morgan fingerprint density at radius 1 is 1.07 bits per heavy atom. The van der Waals surface area contributed by atoms with Crippen LogP contribution in [0.3, 0.4) is 0 Å². The van der Waals surface area contributed by atoms with Gasteiger partial charge in [0.15, 0.2) is 16.3 Å². The lowest BCUT2D eigenvalue weighted by atomic mass is 10.1. The highest BCUT2D eigenvalue weighted by molar-refractivity contribution is 7.98. The van der Waals surface area contributed by atoms with E-state index in [1.165, 1.54) is 11.3 Å². The number of fused-ring (bicyclic) bond motifs is 1. The van der Waals surface area contributed by atoms with Crippen molar-refractivity contribution in [3.8, 4) is 17.2 Å². The molecule has 154 valence electrons. The van der Waals surface area contributed by atoms with Crippen LogP contribution in [-0.4, -0.2) is 43.8 Å². The van der Waals surface area contributed by atoms with Gasteiger partial charge in [-0.05, 0) is 24.0 Å². The SMILES string of the molecule is COc1ccc(CC(=O)N=c2sc3cc(OC)c(OC)cc3n2CCSC)cc1. The van der Waals surface area contributed by atoms with Crippen LogP contribution >= 0.6 is 23.1 Å². The second-order valence-electron chi connectivity index (χ2n) is 6.23. The van der Waals surface area contributed by atoms with Crippen LogP contribution in [0.15, 0.2) is 41.4 Å². The Bertz CT molecular complexity index is 1050. The minimum Gasteiger partial charge on any atom is -0.497 e. The van der Waals surface area contributed by atoms with Gasteiger partial charge in [0.05, 0.1) is 38.0 Å². The summed E-state index contributed by atoms with van der Waals surface area (Å²) < 4.78 is 19.1. The summed E-state index contributed by atoms with van der Waals surface area (Å²) in [6, 6.07) is 11.3. The second-order valence-corrected chi connectivity index (χ2v) is 8.23. The fourth-order valence-electron chi connectivity index (χ4n) is 2.94. The first-order valence-electron chi connectivity index (χ1n) is 9.04. The van der Waals surface area contributed by atoms with Gasteiger partial charge < -0.3 is 18.8 Å². The number of methoxy groups -OCH3 is 3. The summed E-state index contributed by atoms with van der Waals surface area (Å²) >= 11 is 3.23. The molecule has 0 spiro atoms. The molecule has 0 aliphatic heterocycles. The number of thioether (sulfide) groups is 1. The summed E-state index contributed by atoms with van der Waals surface area (Å²) in [5, 5.41) is 0. The molecule has 0 atom stereocenters. The summed E-state index contributed by atoms with van der Waals surface area (Å²) in [5.74, 6) is 2.82. The molecule has 8 heteroatoms. The number of aromatic nitrogens is 1. The van der Waals surface area contributed by atoms with Gasteiger partial charge in [0.1, 0.15) is 5.75 Å². The molecular formula is C21H24N2O4S2. The Kier molecular flexibility index (Phi) is 7.22. The molecule has 1 heterocycles. The molecule has 0 unspecified atom stereocenters. The topological polar surface area (TPSA) is 62.1 Å². The average molecular weight is 433 g/mol. The van der Waals surface area contributed by atoms with Crippen LogP contribution in [-0.2, 0) is 17.8 Å². The number of hydrogen-bond donors (Lipinski definition) is 0. The maximum absolute atomic E-state index is 12.6. The number of carbonyl (C=O) groups is 1. The van der Waals surface area contributed by atoms with E-state index in [1.54, 1.807) is 33.1 Å². The van der Waals surface area contributed by atoms with Crippen molar-refractivity contribution in [1.29, 1.82) is 0 Å². The molecule has 0 radical (unpaired) electrons. The van der Waals surface area contributed by atoms with Gasteiger partial charge in [-0.25, -0.2) is 0 Å². The summed E-state index contributed by atoms with van der Waals surface area (Å²) in [4.78, 5) is 17.7. The number of benzene rings is 2. The Morgan fingerprint density at radius 2 is 1.76 bits per heavy atom. The lowest BCUT2D eigenvalue weighted by Gasteiger charge is -2.09. The molecule has 0 aliphatic carbocycles. The van der Waals surface area contributed by atoms with Crippen molar-refractivity contribution >= 4 is 39.2 Å². The van der Waals surface area contributed by atoms with E-state index in [0.29, 0.717) is 16.3 Å². The van der Waals surface area contributed by atoms with Crippen molar-refractivity contribution in [2.24, 2.45) is 4.99 Å². The Hall–Kier alpha value is -2.45. The molecule has 1 amide bonds. The second kappa shape index (κ2) is 9.84. The number of carbonyl (C=O) groups excluding carboxylic acids is 1. The summed E-state index contributed by atoms with van der Waals surface area (Å²) in [6.07, 6.45) is 2.30. The predicted molar refractivity (Wildman–Crippen MR) is 119 cm³/mol. The van der Waals surface area contributed by atoms with Crippen LogP contribution < -0.4 is 19.0 Å². The highest BCUT2D eigenvalue weighted by atomic mass is 32.2. The first-order chi connectivity index (χ1) is 14.1. The van der Waals surface area contributed by atoms with Gasteiger partial charge in [-0.2, -0.15) is 16.8 Å². The normalized spacial score (nSPS) is 11.7. The minimum absolute atomic E-state index is 0.182. The van der Waals surface area contributed by atoms with E-state index in [4.69, 9.17) is 14.2 Å². The highest BCUT2D eigenvalue weighted by Gasteiger charge is 2.13. The lowest BCUT2D eigenvalue weighted by Crippen LogP contribution is -2.18. The molecule has 3 rings (SSSR count). The molecule has 6 nitrogen and oxygen atoms in total. The summed E-state index contributed by atoms with van der Waals surface area (Å²) in [7, 11) is 4.85. The molecular weight excluding hydrogens is 408 g/mol. The third kappa shape index (κ3) is 4.94. The van der Waals surface area contributed by atoms with Crippen molar-refractivity contribution in [1.82, 2.24) is 4.57 Å². The number of hydrogen-bond acceptors (Lipinski definition) is 6. The molecule has 0 fully saturated rings. The predicted octanol–water partition coefficient (Wildman–Crippen LogP) is 3.76. The molecule has 3 aromatic rings. The smallest absolute Gasteiger partial charge is 0.252 e.